The summed E-state index contributed by atoms with van der Waals surface area (Å²) in [5, 5.41) is 15.2. The Kier molecular flexibility index (Phi) is 11.8. The van der Waals surface area contributed by atoms with Gasteiger partial charge in [0.25, 0.3) is 0 Å². The van der Waals surface area contributed by atoms with Gasteiger partial charge in [0.05, 0.1) is 23.3 Å². The van der Waals surface area contributed by atoms with Gasteiger partial charge in [-0.25, -0.2) is 9.37 Å². The average molecular weight is 636 g/mol. The Morgan fingerprint density at radius 1 is 0.957 bits per heavy atom. The molecule has 0 atom stereocenters. The highest BCUT2D eigenvalue weighted by atomic mass is 19.1. The van der Waals surface area contributed by atoms with Crippen LogP contribution < -0.4 is 10.6 Å². The molecule has 0 saturated carbocycles. The molecule has 4 N–H and O–H groups in total. The van der Waals surface area contributed by atoms with Crippen LogP contribution in [0, 0.1) is 12.7 Å². The normalized spacial score (nSPS) is 11.5. The fourth-order valence-electron chi connectivity index (χ4n) is 5.26. The Labute approximate surface area is 277 Å². The molecule has 9 nitrogen and oxygen atoms in total. The minimum atomic E-state index is -0.308. The molecule has 0 saturated heterocycles. The number of allylic oxidation sites excluding steroid dienone is 2. The zero-order valence-electron chi connectivity index (χ0n) is 28.5. The number of aromatic nitrogens is 5. The first-order chi connectivity index (χ1) is 22.6. The van der Waals surface area contributed by atoms with Gasteiger partial charge >= 0.3 is 0 Å². The maximum atomic E-state index is 14.8. The predicted octanol–water partition coefficient (Wildman–Crippen LogP) is 7.57. The van der Waals surface area contributed by atoms with Gasteiger partial charge in [0.1, 0.15) is 5.82 Å². The highest BCUT2D eigenvalue weighted by molar-refractivity contribution is 5.94. The smallest absolute Gasteiger partial charge is 0.181 e. The largest absolute Gasteiger partial charge is 0.384 e. The Morgan fingerprint density at radius 3 is 2.45 bits per heavy atom. The molecule has 0 aliphatic carbocycles. The summed E-state index contributed by atoms with van der Waals surface area (Å²) >= 11 is 0. The Bertz CT molecular complexity index is 1860. The Morgan fingerprint density at radius 2 is 1.72 bits per heavy atom. The number of halogens is 1. The van der Waals surface area contributed by atoms with Crippen LogP contribution in [0.25, 0.3) is 39.1 Å². The molecular weight excluding hydrogens is 589 g/mol. The van der Waals surface area contributed by atoms with Crippen LogP contribution in [-0.4, -0.2) is 82.8 Å². The number of hydrogen-bond acceptors (Lipinski definition) is 7. The van der Waals surface area contributed by atoms with Gasteiger partial charge in [0.2, 0.25) is 0 Å². The summed E-state index contributed by atoms with van der Waals surface area (Å²) in [6.07, 6.45) is 9.02. The van der Waals surface area contributed by atoms with Crippen molar-refractivity contribution in [1.82, 2.24) is 34.9 Å². The molecule has 0 fully saturated rings. The third kappa shape index (κ3) is 8.81. The van der Waals surface area contributed by atoms with E-state index in [9.17, 15) is 4.39 Å². The van der Waals surface area contributed by atoms with Crippen molar-refractivity contribution in [2.24, 2.45) is 0 Å². The number of anilines is 2. The average Bonchev–Trinajstić information content (AvgIpc) is 3.62. The molecule has 0 spiro atoms. The summed E-state index contributed by atoms with van der Waals surface area (Å²) in [5.74, 6) is -0.308. The number of pyridine rings is 2. The molecular formula is C37H46FN9. The number of aromatic amines is 2. The standard InChI is InChI=1S/C35H40FN9.C2H6/c1-8-9-30(24-12-27(36)16-28(13-24)38-10-11-44(4)5)31-17-33(41-23(31)3)34-32-15-26(19-39-35(32)43-42-34)25-14-29(20-37-18-25)40-22(2)21-45(6)7;1-2/h8-9,12-20,38,40-41H,1-2,10-11,21H2,3-7H3,(H,39,42,43);1-2H3/b30-9-;. The third-order valence-corrected chi connectivity index (χ3v) is 7.27. The molecule has 47 heavy (non-hydrogen) atoms. The van der Waals surface area contributed by atoms with Crippen molar-refractivity contribution in [2.45, 2.75) is 20.8 Å². The molecule has 10 heteroatoms. The molecule has 0 radical (unpaired) electrons. The number of aryl methyl sites for hydroxylation is 1. The molecule has 4 aromatic heterocycles. The number of rotatable bonds is 13. The maximum Gasteiger partial charge on any atom is 0.181 e. The van der Waals surface area contributed by atoms with Gasteiger partial charge in [-0.15, -0.1) is 0 Å². The second kappa shape index (κ2) is 16.0. The van der Waals surface area contributed by atoms with E-state index in [0.29, 0.717) is 18.7 Å². The SMILES string of the molecule is C=C/C=C(/c1cc(F)cc(NCCN(C)C)c1)c1cc(-c2[nH]nc3ncc(-c4cncc(NC(=C)CN(C)C)c4)cc23)[nH]c1C.CC. The van der Waals surface area contributed by atoms with Crippen molar-refractivity contribution < 1.29 is 4.39 Å². The molecule has 0 aliphatic rings. The number of likely N-dealkylation sites (N-methyl/N-ethyl adjacent to an activating group) is 2. The highest BCUT2D eigenvalue weighted by Crippen LogP contribution is 2.35. The number of nitrogens with one attached hydrogen (secondary N) is 4. The molecule has 0 bridgehead atoms. The van der Waals surface area contributed by atoms with Crippen molar-refractivity contribution in [3.05, 3.63) is 109 Å². The summed E-state index contributed by atoms with van der Waals surface area (Å²) in [4.78, 5) is 16.7. The second-order valence-electron chi connectivity index (χ2n) is 11.6. The molecule has 1 aromatic carbocycles. The van der Waals surface area contributed by atoms with Crippen molar-refractivity contribution in [2.75, 3.05) is 58.5 Å². The monoisotopic (exact) mass is 635 g/mol. The minimum Gasteiger partial charge on any atom is -0.384 e. The van der Waals surface area contributed by atoms with Gasteiger partial charge in [0, 0.05) is 71.2 Å². The summed E-state index contributed by atoms with van der Waals surface area (Å²) < 4.78 is 14.8. The topological polar surface area (TPSA) is 101 Å². The number of H-pyrrole nitrogens is 2. The summed E-state index contributed by atoms with van der Waals surface area (Å²) in [7, 11) is 8.01. The van der Waals surface area contributed by atoms with Crippen LogP contribution in [0.15, 0.2) is 86.0 Å². The van der Waals surface area contributed by atoms with E-state index < -0.39 is 0 Å². The van der Waals surface area contributed by atoms with Crippen LogP contribution in [0.4, 0.5) is 15.8 Å². The van der Waals surface area contributed by atoms with Crippen molar-refractivity contribution in [3.8, 4) is 22.5 Å². The van der Waals surface area contributed by atoms with Gasteiger partial charge < -0.3 is 25.4 Å². The van der Waals surface area contributed by atoms with E-state index in [1.807, 2.05) is 73.4 Å². The lowest BCUT2D eigenvalue weighted by Gasteiger charge is -2.14. The molecule has 0 aliphatic heterocycles. The fraction of sp³-hybridized carbons (Fsp3) is 0.270. The van der Waals surface area contributed by atoms with E-state index in [2.05, 4.69) is 70.9 Å². The van der Waals surface area contributed by atoms with Crippen LogP contribution in [0.5, 0.6) is 0 Å². The first kappa shape index (κ1) is 34.8. The number of nitrogens with zero attached hydrogens (tertiary/aromatic N) is 5. The van der Waals surface area contributed by atoms with Crippen molar-refractivity contribution >= 4 is 28.0 Å². The summed E-state index contributed by atoms with van der Waals surface area (Å²) in [6.45, 7) is 16.3. The van der Waals surface area contributed by atoms with Crippen LogP contribution in [-0.2, 0) is 0 Å². The molecule has 4 heterocycles. The first-order valence-electron chi connectivity index (χ1n) is 15.7. The highest BCUT2D eigenvalue weighted by Gasteiger charge is 2.18. The van der Waals surface area contributed by atoms with Crippen LogP contribution in [0.2, 0.25) is 0 Å². The lowest BCUT2D eigenvalue weighted by atomic mass is 9.96. The van der Waals surface area contributed by atoms with Crippen molar-refractivity contribution in [3.63, 3.8) is 0 Å². The third-order valence-electron chi connectivity index (χ3n) is 7.27. The summed E-state index contributed by atoms with van der Waals surface area (Å²) in [5.41, 5.74) is 10.00. The number of benzene rings is 1. The van der Waals surface area contributed by atoms with E-state index in [1.54, 1.807) is 24.5 Å². The number of hydrogen-bond donors (Lipinski definition) is 4. The van der Waals surface area contributed by atoms with E-state index in [1.165, 1.54) is 6.07 Å². The molecule has 246 valence electrons. The molecule has 5 rings (SSSR count). The quantitative estimate of drug-likeness (QED) is 0.0991. The van der Waals surface area contributed by atoms with Crippen LogP contribution in [0.1, 0.15) is 30.7 Å². The van der Waals surface area contributed by atoms with E-state index >= 15 is 0 Å². The van der Waals surface area contributed by atoms with Crippen LogP contribution >= 0.6 is 0 Å². The van der Waals surface area contributed by atoms with E-state index in [4.69, 9.17) is 0 Å². The van der Waals surface area contributed by atoms with E-state index in [-0.39, 0.29) is 5.82 Å². The lowest BCUT2D eigenvalue weighted by Crippen LogP contribution is -2.20. The van der Waals surface area contributed by atoms with Gasteiger partial charge in [-0.1, -0.05) is 39.2 Å². The van der Waals surface area contributed by atoms with Gasteiger partial charge in [-0.05, 0) is 82.6 Å². The predicted molar refractivity (Wildman–Crippen MR) is 195 cm³/mol. The van der Waals surface area contributed by atoms with Gasteiger partial charge in [-0.3, -0.25) is 10.1 Å². The summed E-state index contributed by atoms with van der Waals surface area (Å²) in [6, 6.07) is 11.2. The van der Waals surface area contributed by atoms with Gasteiger partial charge in [0.15, 0.2) is 5.65 Å². The van der Waals surface area contributed by atoms with Crippen molar-refractivity contribution in [1.29, 1.82) is 0 Å². The molecule has 0 unspecified atom stereocenters. The zero-order chi connectivity index (χ0) is 34.1. The lowest BCUT2D eigenvalue weighted by molar-refractivity contribution is 0.425. The minimum absolute atomic E-state index is 0.308. The zero-order valence-corrected chi connectivity index (χ0v) is 28.5. The van der Waals surface area contributed by atoms with E-state index in [0.717, 1.165) is 73.9 Å². The first-order valence-corrected chi connectivity index (χ1v) is 15.7. The maximum absolute atomic E-state index is 14.8. The number of fused-ring (bicyclic) bond motifs is 1. The molecule has 0 amide bonds. The fourth-order valence-corrected chi connectivity index (χ4v) is 5.26. The Balaban J connectivity index is 0.00000245. The van der Waals surface area contributed by atoms with Crippen LogP contribution in [0.3, 0.4) is 0 Å². The molecule has 5 aromatic rings. The van der Waals surface area contributed by atoms with Gasteiger partial charge in [-0.2, -0.15) is 5.10 Å². The Hall–Kier alpha value is -5.06. The second-order valence-corrected chi connectivity index (χ2v) is 11.6.